The third kappa shape index (κ3) is 22.0. The van der Waals surface area contributed by atoms with E-state index in [-0.39, 0.29) is 0 Å². The van der Waals surface area contributed by atoms with Crippen LogP contribution >= 0.6 is 0 Å². The molecule has 0 unspecified atom stereocenters. The van der Waals surface area contributed by atoms with Gasteiger partial charge in [0.2, 0.25) is 0 Å². The van der Waals surface area contributed by atoms with Crippen LogP contribution in [0.5, 0.6) is 0 Å². The SMILES string of the molecule is [CH2]CCCCCCCCCCCCCCCCCCCCCC[CH2]. The summed E-state index contributed by atoms with van der Waals surface area (Å²) >= 11 is 0. The predicted molar refractivity (Wildman–Crippen MR) is 112 cm³/mol. The minimum Gasteiger partial charge on any atom is -0.0533 e. The van der Waals surface area contributed by atoms with Crippen molar-refractivity contribution in [3.63, 3.8) is 0 Å². The quantitative estimate of drug-likeness (QED) is 0.183. The average molecular weight is 337 g/mol. The van der Waals surface area contributed by atoms with E-state index < -0.39 is 0 Å². The van der Waals surface area contributed by atoms with Crippen molar-refractivity contribution in [1.29, 1.82) is 0 Å². The summed E-state index contributed by atoms with van der Waals surface area (Å²) in [7, 11) is 0. The molecular weight excluding hydrogens is 288 g/mol. The molecule has 0 aromatic heterocycles. The van der Waals surface area contributed by atoms with Crippen LogP contribution in [0.4, 0.5) is 0 Å². The van der Waals surface area contributed by atoms with Gasteiger partial charge in [0.15, 0.2) is 0 Å². The number of rotatable bonds is 21. The smallest absolute Gasteiger partial charge is 0.0533 e. The molecule has 24 heavy (non-hydrogen) atoms. The molecule has 0 amide bonds. The maximum Gasteiger partial charge on any atom is -0.0533 e. The van der Waals surface area contributed by atoms with Gasteiger partial charge in [-0.25, -0.2) is 0 Å². The minimum atomic E-state index is 1.12. The molecule has 0 nitrogen and oxygen atoms in total. The maximum atomic E-state index is 3.90. The lowest BCUT2D eigenvalue weighted by Crippen LogP contribution is -1.84. The summed E-state index contributed by atoms with van der Waals surface area (Å²) in [6.45, 7) is 7.81. The topological polar surface area (TPSA) is 0 Å². The lowest BCUT2D eigenvalue weighted by atomic mass is 10.0. The third-order valence-electron chi connectivity index (χ3n) is 5.25. The Bertz CT molecular complexity index is 174. The highest BCUT2D eigenvalue weighted by Gasteiger charge is 1.95. The Kier molecular flexibility index (Phi) is 23.0. The average Bonchev–Trinajstić information content (AvgIpc) is 2.60. The molecule has 0 heterocycles. The zero-order chi connectivity index (χ0) is 17.6. The van der Waals surface area contributed by atoms with Crippen molar-refractivity contribution in [1.82, 2.24) is 0 Å². The largest absolute Gasteiger partial charge is 0.0533 e. The second-order valence-corrected chi connectivity index (χ2v) is 7.78. The molecule has 0 atom stereocenters. The van der Waals surface area contributed by atoms with Crippen molar-refractivity contribution >= 4 is 0 Å². The number of unbranched alkanes of at least 4 members (excludes halogenated alkanes) is 21. The molecular formula is C24H48. The fraction of sp³-hybridized carbons (Fsp3) is 0.917. The first kappa shape index (κ1) is 24.0. The summed E-state index contributed by atoms with van der Waals surface area (Å²) in [4.78, 5) is 0. The summed E-state index contributed by atoms with van der Waals surface area (Å²) in [5.41, 5.74) is 0. The molecule has 0 aliphatic rings. The molecule has 0 rings (SSSR count). The fourth-order valence-electron chi connectivity index (χ4n) is 3.54. The van der Waals surface area contributed by atoms with E-state index in [2.05, 4.69) is 13.8 Å². The van der Waals surface area contributed by atoms with Crippen molar-refractivity contribution in [2.75, 3.05) is 0 Å². The summed E-state index contributed by atoms with van der Waals surface area (Å²) in [6, 6.07) is 0. The van der Waals surface area contributed by atoms with Crippen molar-refractivity contribution in [2.45, 2.75) is 141 Å². The van der Waals surface area contributed by atoms with E-state index in [1.807, 2.05) is 0 Å². The van der Waals surface area contributed by atoms with Gasteiger partial charge in [0.1, 0.15) is 0 Å². The Balaban J connectivity index is 2.93. The van der Waals surface area contributed by atoms with Gasteiger partial charge in [-0.1, -0.05) is 155 Å². The minimum absolute atomic E-state index is 1.12. The van der Waals surface area contributed by atoms with Crippen LogP contribution in [0.15, 0.2) is 0 Å². The first-order valence-electron chi connectivity index (χ1n) is 11.5. The van der Waals surface area contributed by atoms with E-state index in [1.165, 1.54) is 128 Å². The molecule has 0 aliphatic heterocycles. The number of hydrogen-bond donors (Lipinski definition) is 0. The molecule has 0 aromatic carbocycles. The van der Waals surface area contributed by atoms with Crippen LogP contribution in [-0.2, 0) is 0 Å². The van der Waals surface area contributed by atoms with Gasteiger partial charge in [0.25, 0.3) is 0 Å². The Hall–Kier alpha value is 0. The first-order chi connectivity index (χ1) is 11.9. The molecule has 144 valence electrons. The molecule has 0 heteroatoms. The lowest BCUT2D eigenvalue weighted by Gasteiger charge is -2.04. The lowest BCUT2D eigenvalue weighted by molar-refractivity contribution is 0.521. The van der Waals surface area contributed by atoms with E-state index in [0.717, 1.165) is 12.8 Å². The molecule has 0 saturated heterocycles. The van der Waals surface area contributed by atoms with Crippen LogP contribution < -0.4 is 0 Å². The highest BCUT2D eigenvalue weighted by Crippen LogP contribution is 2.15. The summed E-state index contributed by atoms with van der Waals surface area (Å²) in [5.74, 6) is 0. The maximum absolute atomic E-state index is 3.90. The van der Waals surface area contributed by atoms with Gasteiger partial charge in [-0.15, -0.1) is 0 Å². The molecule has 0 fully saturated rings. The van der Waals surface area contributed by atoms with E-state index in [4.69, 9.17) is 0 Å². The van der Waals surface area contributed by atoms with Gasteiger partial charge in [-0.3, -0.25) is 0 Å². The highest BCUT2D eigenvalue weighted by atomic mass is 14.0. The fourth-order valence-corrected chi connectivity index (χ4v) is 3.54. The molecule has 0 spiro atoms. The zero-order valence-electron chi connectivity index (χ0n) is 17.0. The third-order valence-corrected chi connectivity index (χ3v) is 5.25. The van der Waals surface area contributed by atoms with E-state index in [0.29, 0.717) is 0 Å². The second kappa shape index (κ2) is 23.0. The summed E-state index contributed by atoms with van der Waals surface area (Å²) in [6.07, 6.45) is 31.2. The van der Waals surface area contributed by atoms with Gasteiger partial charge in [-0.05, 0) is 0 Å². The van der Waals surface area contributed by atoms with Crippen LogP contribution in [0.25, 0.3) is 0 Å². The van der Waals surface area contributed by atoms with Crippen molar-refractivity contribution in [3.05, 3.63) is 13.8 Å². The summed E-state index contributed by atoms with van der Waals surface area (Å²) in [5, 5.41) is 0. The first-order valence-corrected chi connectivity index (χ1v) is 11.5. The van der Waals surface area contributed by atoms with Crippen LogP contribution in [0, 0.1) is 13.8 Å². The Morgan fingerprint density at radius 2 is 0.333 bits per heavy atom. The predicted octanol–water partition coefficient (Wildman–Crippen LogP) is 9.24. The summed E-state index contributed by atoms with van der Waals surface area (Å²) < 4.78 is 0. The molecule has 0 bridgehead atoms. The molecule has 0 saturated carbocycles. The van der Waals surface area contributed by atoms with E-state index in [9.17, 15) is 0 Å². The van der Waals surface area contributed by atoms with Crippen LogP contribution in [-0.4, -0.2) is 0 Å². The van der Waals surface area contributed by atoms with Crippen molar-refractivity contribution < 1.29 is 0 Å². The van der Waals surface area contributed by atoms with Gasteiger partial charge < -0.3 is 0 Å². The Labute approximate surface area is 155 Å². The van der Waals surface area contributed by atoms with Gasteiger partial charge >= 0.3 is 0 Å². The van der Waals surface area contributed by atoms with Crippen LogP contribution in [0.3, 0.4) is 0 Å². The van der Waals surface area contributed by atoms with Crippen LogP contribution in [0.1, 0.15) is 141 Å². The standard InChI is InChI=1S/C24H48/c1-3-5-7-9-11-13-15-17-19-21-23-24-22-20-18-16-14-12-10-8-6-4-2/h1-24H2. The van der Waals surface area contributed by atoms with Gasteiger partial charge in [-0.2, -0.15) is 0 Å². The van der Waals surface area contributed by atoms with Crippen molar-refractivity contribution in [2.24, 2.45) is 0 Å². The Morgan fingerprint density at radius 3 is 0.458 bits per heavy atom. The van der Waals surface area contributed by atoms with Gasteiger partial charge in [0, 0.05) is 0 Å². The highest BCUT2D eigenvalue weighted by molar-refractivity contribution is 4.51. The molecule has 0 aliphatic carbocycles. The molecule has 0 N–H and O–H groups in total. The van der Waals surface area contributed by atoms with Gasteiger partial charge in [0.05, 0.1) is 0 Å². The van der Waals surface area contributed by atoms with Crippen molar-refractivity contribution in [3.8, 4) is 0 Å². The Morgan fingerprint density at radius 1 is 0.208 bits per heavy atom. The normalized spacial score (nSPS) is 11.2. The van der Waals surface area contributed by atoms with E-state index in [1.54, 1.807) is 0 Å². The van der Waals surface area contributed by atoms with E-state index >= 15 is 0 Å². The molecule has 0 aromatic rings. The zero-order valence-corrected chi connectivity index (χ0v) is 17.0. The second-order valence-electron chi connectivity index (χ2n) is 7.78. The number of hydrogen-bond acceptors (Lipinski definition) is 0. The molecule has 2 radical (unpaired) electrons. The monoisotopic (exact) mass is 336 g/mol. The van der Waals surface area contributed by atoms with Crippen LogP contribution in [0.2, 0.25) is 0 Å².